The van der Waals surface area contributed by atoms with Crippen molar-refractivity contribution in [3.63, 3.8) is 0 Å². The molecular weight excluding hydrogens is 657 g/mol. The number of imide groups is 2. The van der Waals surface area contributed by atoms with Gasteiger partial charge in [-0.25, -0.2) is 9.69 Å². The maximum atomic E-state index is 13.1. The molecule has 9 nitrogen and oxygen atoms in total. The molecule has 4 rings (SSSR count). The predicted molar refractivity (Wildman–Crippen MR) is 149 cm³/mol. The molecule has 1 aliphatic rings. The lowest BCUT2D eigenvalue weighted by Gasteiger charge is -2.26. The van der Waals surface area contributed by atoms with Crippen molar-refractivity contribution in [3.8, 4) is 11.5 Å². The van der Waals surface area contributed by atoms with Crippen molar-refractivity contribution in [2.24, 2.45) is 0 Å². The van der Waals surface area contributed by atoms with Gasteiger partial charge in [-0.3, -0.25) is 19.7 Å². The highest BCUT2D eigenvalue weighted by molar-refractivity contribution is 14.1. The zero-order chi connectivity index (χ0) is 26.5. The number of amides is 5. The first-order valence-corrected chi connectivity index (χ1v) is 12.7. The molecule has 0 radical (unpaired) electrons. The van der Waals surface area contributed by atoms with Gasteiger partial charge in [-0.15, -0.1) is 0 Å². The van der Waals surface area contributed by atoms with E-state index in [-0.39, 0.29) is 18.1 Å². The summed E-state index contributed by atoms with van der Waals surface area (Å²) < 4.78 is 12.5. The van der Waals surface area contributed by atoms with Gasteiger partial charge in [0.25, 0.3) is 17.7 Å². The molecule has 1 aliphatic heterocycles. The number of para-hydroxylation sites is 1. The summed E-state index contributed by atoms with van der Waals surface area (Å²) in [6, 6.07) is 17.9. The molecule has 3 aromatic rings. The van der Waals surface area contributed by atoms with Crippen LogP contribution in [0.15, 0.2) is 76.8 Å². The molecule has 2 N–H and O–H groups in total. The molecule has 0 aromatic heterocycles. The molecule has 0 unspecified atom stereocenters. The smallest absolute Gasteiger partial charge is 0.335 e. The lowest BCUT2D eigenvalue weighted by atomic mass is 10.1. The van der Waals surface area contributed by atoms with E-state index in [1.165, 1.54) is 13.2 Å². The Balaban J connectivity index is 1.56. The van der Waals surface area contributed by atoms with Crippen molar-refractivity contribution in [1.82, 2.24) is 5.32 Å². The summed E-state index contributed by atoms with van der Waals surface area (Å²) in [4.78, 5) is 51.2. The van der Waals surface area contributed by atoms with Crippen LogP contribution in [-0.4, -0.2) is 37.5 Å². The summed E-state index contributed by atoms with van der Waals surface area (Å²) >= 11 is 5.32. The minimum atomic E-state index is -0.834. The molecule has 0 bridgehead atoms. The summed E-state index contributed by atoms with van der Waals surface area (Å²) in [6.07, 6.45) is 1.37. The van der Waals surface area contributed by atoms with Crippen LogP contribution in [0.3, 0.4) is 0 Å². The van der Waals surface area contributed by atoms with E-state index in [0.29, 0.717) is 32.0 Å². The van der Waals surface area contributed by atoms with Crippen LogP contribution in [0.25, 0.3) is 6.08 Å². The number of barbiturate groups is 1. The van der Waals surface area contributed by atoms with Crippen LogP contribution < -0.4 is 25.0 Å². The summed E-state index contributed by atoms with van der Waals surface area (Å²) in [7, 11) is 1.44. The fourth-order valence-electron chi connectivity index (χ4n) is 3.47. The Morgan fingerprint density at radius 3 is 2.46 bits per heavy atom. The fourth-order valence-corrected chi connectivity index (χ4v) is 4.51. The number of ether oxygens (including phenoxy) is 2. The molecule has 0 atom stereocenters. The molecule has 1 fully saturated rings. The van der Waals surface area contributed by atoms with Crippen LogP contribution >= 0.6 is 38.5 Å². The Kier molecular flexibility index (Phi) is 8.24. The topological polar surface area (TPSA) is 114 Å². The van der Waals surface area contributed by atoms with Gasteiger partial charge < -0.3 is 14.8 Å². The van der Waals surface area contributed by atoms with Crippen molar-refractivity contribution >= 4 is 79.7 Å². The van der Waals surface area contributed by atoms with Crippen LogP contribution in [0.4, 0.5) is 16.2 Å². The number of methoxy groups -OCH3 is 1. The molecule has 0 spiro atoms. The van der Waals surface area contributed by atoms with Crippen molar-refractivity contribution in [2.45, 2.75) is 0 Å². The van der Waals surface area contributed by atoms with Crippen LogP contribution in [0.5, 0.6) is 11.5 Å². The third kappa shape index (κ3) is 6.17. The number of carbonyl (C=O) groups is 4. The van der Waals surface area contributed by atoms with Gasteiger partial charge in [0.1, 0.15) is 5.57 Å². The molecule has 1 saturated heterocycles. The molecule has 11 heteroatoms. The van der Waals surface area contributed by atoms with Gasteiger partial charge in [0.05, 0.1) is 16.4 Å². The van der Waals surface area contributed by atoms with Crippen LogP contribution in [-0.2, 0) is 14.4 Å². The summed E-state index contributed by atoms with van der Waals surface area (Å²) in [5, 5.41) is 4.93. The molecule has 0 aliphatic carbocycles. The second-order valence-corrected chi connectivity index (χ2v) is 9.75. The third-order valence-corrected chi connectivity index (χ3v) is 6.48. The monoisotopic (exact) mass is 675 g/mol. The minimum Gasteiger partial charge on any atom is -0.493 e. The number of nitrogens with one attached hydrogen (secondary N) is 2. The van der Waals surface area contributed by atoms with Crippen LogP contribution in [0, 0.1) is 3.57 Å². The largest absolute Gasteiger partial charge is 0.493 e. The Labute approximate surface area is 234 Å². The maximum Gasteiger partial charge on any atom is 0.335 e. The number of hydrogen-bond acceptors (Lipinski definition) is 6. The quantitative estimate of drug-likeness (QED) is 0.212. The highest BCUT2D eigenvalue weighted by atomic mass is 127. The molecule has 5 amide bonds. The maximum absolute atomic E-state index is 13.1. The zero-order valence-corrected chi connectivity index (χ0v) is 23.0. The van der Waals surface area contributed by atoms with Gasteiger partial charge in [-0.1, -0.05) is 34.1 Å². The first-order chi connectivity index (χ1) is 17.8. The number of carbonyl (C=O) groups excluding carboxylic acids is 4. The highest BCUT2D eigenvalue weighted by Crippen LogP contribution is 2.35. The zero-order valence-electron chi connectivity index (χ0n) is 19.3. The van der Waals surface area contributed by atoms with Gasteiger partial charge in [0.15, 0.2) is 18.1 Å². The van der Waals surface area contributed by atoms with Crippen molar-refractivity contribution < 1.29 is 28.7 Å². The highest BCUT2D eigenvalue weighted by Gasteiger charge is 2.36. The summed E-state index contributed by atoms with van der Waals surface area (Å²) in [5.41, 5.74) is 1.20. The van der Waals surface area contributed by atoms with Gasteiger partial charge in [-0.2, -0.15) is 0 Å². The van der Waals surface area contributed by atoms with E-state index in [1.807, 2.05) is 28.7 Å². The molecule has 1 heterocycles. The van der Waals surface area contributed by atoms with E-state index in [0.717, 1.165) is 9.37 Å². The van der Waals surface area contributed by atoms with Crippen molar-refractivity contribution in [1.29, 1.82) is 0 Å². The fraction of sp³-hybridized carbons (Fsp3) is 0.0769. The molecule has 0 saturated carbocycles. The van der Waals surface area contributed by atoms with Crippen LogP contribution in [0.1, 0.15) is 5.56 Å². The van der Waals surface area contributed by atoms with E-state index in [9.17, 15) is 19.2 Å². The number of anilines is 2. The molecule has 37 heavy (non-hydrogen) atoms. The molecule has 3 aromatic carbocycles. The van der Waals surface area contributed by atoms with Gasteiger partial charge >= 0.3 is 6.03 Å². The van der Waals surface area contributed by atoms with Gasteiger partial charge in [0.2, 0.25) is 0 Å². The molecular formula is C26H19BrIN3O6. The van der Waals surface area contributed by atoms with E-state index >= 15 is 0 Å². The average molecular weight is 676 g/mol. The number of hydrogen-bond donors (Lipinski definition) is 2. The Morgan fingerprint density at radius 2 is 1.78 bits per heavy atom. The first kappa shape index (κ1) is 26.4. The van der Waals surface area contributed by atoms with Gasteiger partial charge in [-0.05, 0) is 82.8 Å². The number of nitrogens with zero attached hydrogens (tertiary/aromatic N) is 1. The van der Waals surface area contributed by atoms with E-state index in [1.54, 1.807) is 60.7 Å². The predicted octanol–water partition coefficient (Wildman–Crippen LogP) is 4.75. The Bertz CT molecular complexity index is 1410. The van der Waals surface area contributed by atoms with E-state index in [2.05, 4.69) is 26.6 Å². The standard InChI is InChI=1S/C26H19BrIN3O6/c1-36-21-13-15(12-20(28)23(21)37-14-22(32)29-17-5-3-2-4-6-17)11-19-24(33)30-26(35)31(25(19)34)18-9-7-16(27)8-10-18/h2-13H,14H2,1H3,(H,29,32)(H,30,33,35)/b19-11+. The summed E-state index contributed by atoms with van der Waals surface area (Å²) in [5.74, 6) is -1.29. The molecule has 188 valence electrons. The number of halogens is 2. The number of urea groups is 1. The Hall–Kier alpha value is -3.71. The Morgan fingerprint density at radius 1 is 1.08 bits per heavy atom. The normalized spacial score (nSPS) is 14.4. The second-order valence-electron chi connectivity index (χ2n) is 7.67. The minimum absolute atomic E-state index is 0.226. The second kappa shape index (κ2) is 11.6. The lowest BCUT2D eigenvalue weighted by Crippen LogP contribution is -2.54. The summed E-state index contributed by atoms with van der Waals surface area (Å²) in [6.45, 7) is -0.257. The lowest BCUT2D eigenvalue weighted by molar-refractivity contribution is -0.122. The van der Waals surface area contributed by atoms with E-state index in [4.69, 9.17) is 9.47 Å². The van der Waals surface area contributed by atoms with Crippen LogP contribution in [0.2, 0.25) is 0 Å². The van der Waals surface area contributed by atoms with Gasteiger partial charge in [0, 0.05) is 10.2 Å². The van der Waals surface area contributed by atoms with Crippen molar-refractivity contribution in [2.75, 3.05) is 23.9 Å². The number of rotatable bonds is 7. The van der Waals surface area contributed by atoms with Crippen molar-refractivity contribution in [3.05, 3.63) is 85.9 Å². The number of benzene rings is 3. The first-order valence-electron chi connectivity index (χ1n) is 10.8. The van der Waals surface area contributed by atoms with E-state index < -0.39 is 17.8 Å². The average Bonchev–Trinajstić information content (AvgIpc) is 2.87. The third-order valence-electron chi connectivity index (χ3n) is 5.15. The SMILES string of the molecule is COc1cc(/C=C2\C(=O)NC(=O)N(c3ccc(Br)cc3)C2=O)cc(I)c1OCC(=O)Nc1ccccc1.